The molecule has 0 saturated carbocycles. The van der Waals surface area contributed by atoms with Crippen molar-refractivity contribution in [1.82, 2.24) is 20.4 Å². The van der Waals surface area contributed by atoms with E-state index in [0.29, 0.717) is 6.42 Å². The summed E-state index contributed by atoms with van der Waals surface area (Å²) in [6.45, 7) is 9.20. The van der Waals surface area contributed by atoms with E-state index in [1.807, 2.05) is 7.05 Å². The number of nitrogens with one attached hydrogen (secondary N) is 2. The van der Waals surface area contributed by atoms with Crippen molar-refractivity contribution in [3.63, 3.8) is 0 Å². The largest absolute Gasteiger partial charge is 0.356 e. The van der Waals surface area contributed by atoms with Crippen molar-refractivity contribution in [2.75, 3.05) is 53.9 Å². The number of piperidine rings is 1. The number of aliphatic imine (C=N–C) groups is 1. The standard InChI is InChI=1S/C17H33N5O/c1-16(2,12-21(4)5)10-20-15(18-3)22-8-6-7-17(13-22)9-14(23)19-11-17/h6-13H2,1-5H3,(H,18,20)(H,19,23). The maximum absolute atomic E-state index is 11.6. The van der Waals surface area contributed by atoms with E-state index >= 15 is 0 Å². The average Bonchev–Trinajstić information content (AvgIpc) is 2.78. The Balaban J connectivity index is 1.94. The van der Waals surface area contributed by atoms with Crippen LogP contribution in [0.25, 0.3) is 0 Å². The highest BCUT2D eigenvalue weighted by Crippen LogP contribution is 2.36. The van der Waals surface area contributed by atoms with Crippen molar-refractivity contribution in [2.45, 2.75) is 33.1 Å². The van der Waals surface area contributed by atoms with E-state index in [0.717, 1.165) is 51.5 Å². The molecular weight excluding hydrogens is 290 g/mol. The van der Waals surface area contributed by atoms with Gasteiger partial charge in [0.25, 0.3) is 0 Å². The topological polar surface area (TPSA) is 60.0 Å². The van der Waals surface area contributed by atoms with Crippen LogP contribution < -0.4 is 10.6 Å². The molecular formula is C17H33N5O. The molecule has 1 unspecified atom stereocenters. The second-order valence-corrected chi connectivity index (χ2v) is 8.28. The van der Waals surface area contributed by atoms with Gasteiger partial charge in [-0.25, -0.2) is 0 Å². The summed E-state index contributed by atoms with van der Waals surface area (Å²) in [4.78, 5) is 20.7. The van der Waals surface area contributed by atoms with Gasteiger partial charge in [0, 0.05) is 51.6 Å². The number of rotatable bonds is 4. The molecule has 1 atom stereocenters. The smallest absolute Gasteiger partial charge is 0.220 e. The van der Waals surface area contributed by atoms with Gasteiger partial charge >= 0.3 is 0 Å². The zero-order valence-corrected chi connectivity index (χ0v) is 15.4. The van der Waals surface area contributed by atoms with Gasteiger partial charge < -0.3 is 20.4 Å². The minimum absolute atomic E-state index is 0.103. The van der Waals surface area contributed by atoms with Gasteiger partial charge in [-0.05, 0) is 32.4 Å². The summed E-state index contributed by atoms with van der Waals surface area (Å²) in [7, 11) is 6.06. The molecule has 2 aliphatic heterocycles. The van der Waals surface area contributed by atoms with E-state index in [4.69, 9.17) is 0 Å². The number of guanidine groups is 1. The predicted molar refractivity (Wildman–Crippen MR) is 94.6 cm³/mol. The number of likely N-dealkylation sites (tertiary alicyclic amines) is 1. The Morgan fingerprint density at radius 2 is 2.22 bits per heavy atom. The third-order valence-corrected chi connectivity index (χ3v) is 4.84. The summed E-state index contributed by atoms with van der Waals surface area (Å²) in [6, 6.07) is 0. The molecule has 0 aromatic rings. The zero-order chi connectivity index (χ0) is 17.1. The van der Waals surface area contributed by atoms with Crippen LogP contribution in [0.2, 0.25) is 0 Å². The van der Waals surface area contributed by atoms with Crippen LogP contribution in [0.3, 0.4) is 0 Å². The summed E-state index contributed by atoms with van der Waals surface area (Å²) in [6.07, 6.45) is 2.91. The molecule has 6 heteroatoms. The highest BCUT2D eigenvalue weighted by molar-refractivity contribution is 5.81. The Hall–Kier alpha value is -1.30. The van der Waals surface area contributed by atoms with Crippen LogP contribution in [0.1, 0.15) is 33.1 Å². The first-order valence-electron chi connectivity index (χ1n) is 8.62. The summed E-state index contributed by atoms with van der Waals surface area (Å²) in [5.41, 5.74) is 0.282. The zero-order valence-electron chi connectivity index (χ0n) is 15.4. The fraction of sp³-hybridized carbons (Fsp3) is 0.882. The molecule has 0 aliphatic carbocycles. The molecule has 132 valence electrons. The lowest BCUT2D eigenvalue weighted by Gasteiger charge is -2.41. The van der Waals surface area contributed by atoms with Gasteiger partial charge in [-0.15, -0.1) is 0 Å². The van der Waals surface area contributed by atoms with Gasteiger partial charge in [0.15, 0.2) is 5.96 Å². The number of carbonyl (C=O) groups is 1. The van der Waals surface area contributed by atoms with Crippen LogP contribution in [0, 0.1) is 10.8 Å². The molecule has 2 aliphatic rings. The quantitative estimate of drug-likeness (QED) is 0.592. The first kappa shape index (κ1) is 18.0. The Morgan fingerprint density at radius 3 is 2.78 bits per heavy atom. The highest BCUT2D eigenvalue weighted by atomic mass is 16.1. The van der Waals surface area contributed by atoms with Gasteiger partial charge in [-0.1, -0.05) is 13.8 Å². The highest BCUT2D eigenvalue weighted by Gasteiger charge is 2.42. The van der Waals surface area contributed by atoms with Crippen molar-refractivity contribution in [2.24, 2.45) is 15.8 Å². The Kier molecular flexibility index (Phi) is 5.55. The molecule has 1 spiro atoms. The molecule has 0 aromatic heterocycles. The molecule has 6 nitrogen and oxygen atoms in total. The number of hydrogen-bond donors (Lipinski definition) is 2. The first-order valence-corrected chi connectivity index (χ1v) is 8.62. The lowest BCUT2D eigenvalue weighted by atomic mass is 9.79. The number of hydrogen-bond acceptors (Lipinski definition) is 3. The van der Waals surface area contributed by atoms with Crippen LogP contribution in [-0.2, 0) is 4.79 Å². The fourth-order valence-electron chi connectivity index (χ4n) is 3.99. The van der Waals surface area contributed by atoms with E-state index in [1.165, 1.54) is 0 Å². The van der Waals surface area contributed by atoms with Gasteiger partial charge in [-0.3, -0.25) is 9.79 Å². The van der Waals surface area contributed by atoms with E-state index in [2.05, 4.69) is 53.4 Å². The maximum Gasteiger partial charge on any atom is 0.220 e. The Labute approximate surface area is 140 Å². The summed E-state index contributed by atoms with van der Waals surface area (Å²) in [5.74, 6) is 1.16. The molecule has 2 heterocycles. The third-order valence-electron chi connectivity index (χ3n) is 4.84. The number of amides is 1. The monoisotopic (exact) mass is 323 g/mol. The SMILES string of the molecule is CN=C(NCC(C)(C)CN(C)C)N1CCCC2(CNC(=O)C2)C1. The van der Waals surface area contributed by atoms with Crippen LogP contribution in [0.5, 0.6) is 0 Å². The number of carbonyl (C=O) groups excluding carboxylic acids is 1. The summed E-state index contributed by atoms with van der Waals surface area (Å²) >= 11 is 0. The van der Waals surface area contributed by atoms with Crippen molar-refractivity contribution in [3.8, 4) is 0 Å². The van der Waals surface area contributed by atoms with Crippen molar-refractivity contribution >= 4 is 11.9 Å². The van der Waals surface area contributed by atoms with E-state index < -0.39 is 0 Å². The molecule has 1 amide bonds. The summed E-state index contributed by atoms with van der Waals surface area (Å²) < 4.78 is 0. The van der Waals surface area contributed by atoms with Gasteiger partial charge in [-0.2, -0.15) is 0 Å². The molecule has 2 rings (SSSR count). The van der Waals surface area contributed by atoms with Crippen LogP contribution >= 0.6 is 0 Å². The Morgan fingerprint density at radius 1 is 1.48 bits per heavy atom. The van der Waals surface area contributed by atoms with Crippen LogP contribution in [0.4, 0.5) is 0 Å². The van der Waals surface area contributed by atoms with Gasteiger partial charge in [0.1, 0.15) is 0 Å². The molecule has 23 heavy (non-hydrogen) atoms. The molecule has 2 fully saturated rings. The van der Waals surface area contributed by atoms with Crippen LogP contribution in [0.15, 0.2) is 4.99 Å². The van der Waals surface area contributed by atoms with Crippen LogP contribution in [-0.4, -0.2) is 75.5 Å². The first-order chi connectivity index (χ1) is 10.8. The third kappa shape index (κ3) is 4.83. The predicted octanol–water partition coefficient (Wildman–Crippen LogP) is 0.752. The fourth-order valence-corrected chi connectivity index (χ4v) is 3.99. The van der Waals surface area contributed by atoms with E-state index in [-0.39, 0.29) is 16.7 Å². The van der Waals surface area contributed by atoms with E-state index in [1.54, 1.807) is 0 Å². The minimum Gasteiger partial charge on any atom is -0.356 e. The molecule has 2 N–H and O–H groups in total. The normalized spacial score (nSPS) is 26.1. The van der Waals surface area contributed by atoms with Gasteiger partial charge in [0.05, 0.1) is 0 Å². The average molecular weight is 323 g/mol. The van der Waals surface area contributed by atoms with Gasteiger partial charge in [0.2, 0.25) is 5.91 Å². The molecule has 2 saturated heterocycles. The number of nitrogens with zero attached hydrogens (tertiary/aromatic N) is 3. The molecule has 0 bridgehead atoms. The lowest BCUT2D eigenvalue weighted by molar-refractivity contribution is -0.119. The van der Waals surface area contributed by atoms with Crippen molar-refractivity contribution < 1.29 is 4.79 Å². The maximum atomic E-state index is 11.6. The van der Waals surface area contributed by atoms with Crippen molar-refractivity contribution in [1.29, 1.82) is 0 Å². The minimum atomic E-state index is 0.103. The summed E-state index contributed by atoms with van der Waals surface area (Å²) in [5, 5.41) is 6.55. The van der Waals surface area contributed by atoms with Crippen molar-refractivity contribution in [3.05, 3.63) is 0 Å². The second kappa shape index (κ2) is 7.07. The Bertz CT molecular complexity index is 460. The molecule has 0 radical (unpaired) electrons. The lowest BCUT2D eigenvalue weighted by Crippen LogP contribution is -2.53. The molecule has 0 aromatic carbocycles. The van der Waals surface area contributed by atoms with E-state index in [9.17, 15) is 4.79 Å². The second-order valence-electron chi connectivity index (χ2n) is 8.28.